The Bertz CT molecular complexity index is 528. The normalized spacial score (nSPS) is 11.6. The SMILES string of the molecule is CC(C)(C)c1ccc(-c2c(F)cccc2F)cc1. The van der Waals surface area contributed by atoms with Gasteiger partial charge < -0.3 is 0 Å². The summed E-state index contributed by atoms with van der Waals surface area (Å²) >= 11 is 0. The molecular weight excluding hydrogens is 230 g/mol. The van der Waals surface area contributed by atoms with Crippen molar-refractivity contribution < 1.29 is 8.78 Å². The zero-order valence-corrected chi connectivity index (χ0v) is 10.8. The predicted molar refractivity (Wildman–Crippen MR) is 70.5 cm³/mol. The number of halogens is 2. The van der Waals surface area contributed by atoms with E-state index in [0.29, 0.717) is 5.56 Å². The molecule has 0 aliphatic rings. The first-order chi connectivity index (χ1) is 8.39. The van der Waals surface area contributed by atoms with Gasteiger partial charge in [0.2, 0.25) is 0 Å². The van der Waals surface area contributed by atoms with E-state index in [1.54, 1.807) is 12.1 Å². The second-order valence-corrected chi connectivity index (χ2v) is 5.42. The Labute approximate surface area is 106 Å². The van der Waals surface area contributed by atoms with Crippen LogP contribution in [0.1, 0.15) is 26.3 Å². The van der Waals surface area contributed by atoms with Gasteiger partial charge in [-0.1, -0.05) is 51.1 Å². The van der Waals surface area contributed by atoms with E-state index in [-0.39, 0.29) is 11.0 Å². The average molecular weight is 246 g/mol. The lowest BCUT2D eigenvalue weighted by Crippen LogP contribution is -2.10. The third kappa shape index (κ3) is 2.42. The number of hydrogen-bond donors (Lipinski definition) is 0. The molecule has 2 rings (SSSR count). The van der Waals surface area contributed by atoms with Crippen LogP contribution in [0.5, 0.6) is 0 Å². The van der Waals surface area contributed by atoms with Crippen LogP contribution in [0, 0.1) is 11.6 Å². The van der Waals surface area contributed by atoms with Gasteiger partial charge in [0.25, 0.3) is 0 Å². The highest BCUT2D eigenvalue weighted by molar-refractivity contribution is 5.65. The van der Waals surface area contributed by atoms with Gasteiger partial charge in [-0.2, -0.15) is 0 Å². The molecule has 0 heterocycles. The van der Waals surface area contributed by atoms with Gasteiger partial charge in [-0.15, -0.1) is 0 Å². The first-order valence-corrected chi connectivity index (χ1v) is 5.94. The van der Waals surface area contributed by atoms with Crippen LogP contribution in [0.25, 0.3) is 11.1 Å². The molecular formula is C16H16F2. The summed E-state index contributed by atoms with van der Waals surface area (Å²) in [4.78, 5) is 0. The third-order valence-electron chi connectivity index (χ3n) is 3.00. The van der Waals surface area contributed by atoms with Crippen molar-refractivity contribution in [3.8, 4) is 11.1 Å². The lowest BCUT2D eigenvalue weighted by molar-refractivity contribution is 0.587. The summed E-state index contributed by atoms with van der Waals surface area (Å²) in [6.45, 7) is 6.31. The van der Waals surface area contributed by atoms with Gasteiger partial charge in [0.1, 0.15) is 11.6 Å². The van der Waals surface area contributed by atoms with Crippen LogP contribution < -0.4 is 0 Å². The topological polar surface area (TPSA) is 0 Å². The number of benzene rings is 2. The maximum absolute atomic E-state index is 13.6. The van der Waals surface area contributed by atoms with Crippen LogP contribution in [-0.2, 0) is 5.41 Å². The van der Waals surface area contributed by atoms with Crippen LogP contribution in [-0.4, -0.2) is 0 Å². The lowest BCUT2D eigenvalue weighted by atomic mass is 9.86. The van der Waals surface area contributed by atoms with Crippen LogP contribution in [0.3, 0.4) is 0 Å². The molecule has 0 saturated heterocycles. The summed E-state index contributed by atoms with van der Waals surface area (Å²) < 4.78 is 27.3. The van der Waals surface area contributed by atoms with Gasteiger partial charge in [0, 0.05) is 0 Å². The van der Waals surface area contributed by atoms with Crippen molar-refractivity contribution >= 4 is 0 Å². The fourth-order valence-electron chi connectivity index (χ4n) is 1.91. The van der Waals surface area contributed by atoms with E-state index < -0.39 is 11.6 Å². The Kier molecular flexibility index (Phi) is 3.20. The molecule has 0 unspecified atom stereocenters. The highest BCUT2D eigenvalue weighted by Gasteiger charge is 2.15. The summed E-state index contributed by atoms with van der Waals surface area (Å²) in [5, 5.41) is 0. The van der Waals surface area contributed by atoms with Gasteiger partial charge in [0.05, 0.1) is 5.56 Å². The molecule has 0 radical (unpaired) electrons. The Morgan fingerprint density at radius 3 is 1.72 bits per heavy atom. The smallest absolute Gasteiger partial charge is 0.133 e. The molecule has 0 nitrogen and oxygen atoms in total. The number of hydrogen-bond acceptors (Lipinski definition) is 0. The first kappa shape index (κ1) is 12.7. The molecule has 0 aromatic heterocycles. The van der Waals surface area contributed by atoms with E-state index in [4.69, 9.17) is 0 Å². The van der Waals surface area contributed by atoms with Crippen molar-refractivity contribution in [2.45, 2.75) is 26.2 Å². The maximum atomic E-state index is 13.6. The zero-order valence-electron chi connectivity index (χ0n) is 10.8. The molecule has 0 bridgehead atoms. The minimum absolute atomic E-state index is 0.0340. The van der Waals surface area contributed by atoms with Crippen molar-refractivity contribution in [1.29, 1.82) is 0 Å². The van der Waals surface area contributed by atoms with E-state index in [2.05, 4.69) is 20.8 Å². The third-order valence-corrected chi connectivity index (χ3v) is 3.00. The second kappa shape index (κ2) is 4.52. The van der Waals surface area contributed by atoms with Crippen LogP contribution in [0.2, 0.25) is 0 Å². The molecule has 2 heteroatoms. The molecule has 94 valence electrons. The van der Waals surface area contributed by atoms with E-state index in [9.17, 15) is 8.78 Å². The van der Waals surface area contributed by atoms with E-state index >= 15 is 0 Å². The molecule has 0 fully saturated rings. The average Bonchev–Trinajstić information content (AvgIpc) is 2.28. The molecule has 0 aliphatic carbocycles. The van der Waals surface area contributed by atoms with Crippen LogP contribution in [0.4, 0.5) is 8.78 Å². The molecule has 18 heavy (non-hydrogen) atoms. The van der Waals surface area contributed by atoms with Crippen molar-refractivity contribution in [1.82, 2.24) is 0 Å². The fraction of sp³-hybridized carbons (Fsp3) is 0.250. The molecule has 0 saturated carbocycles. The predicted octanol–water partition coefficient (Wildman–Crippen LogP) is 4.93. The minimum Gasteiger partial charge on any atom is -0.206 e. The van der Waals surface area contributed by atoms with Crippen LogP contribution in [0.15, 0.2) is 42.5 Å². The quantitative estimate of drug-likeness (QED) is 0.669. The molecule has 0 N–H and O–H groups in total. The number of rotatable bonds is 1. The molecule has 2 aromatic carbocycles. The molecule has 2 aromatic rings. The molecule has 0 aliphatic heterocycles. The van der Waals surface area contributed by atoms with E-state index in [0.717, 1.165) is 5.56 Å². The highest BCUT2D eigenvalue weighted by atomic mass is 19.1. The lowest BCUT2D eigenvalue weighted by Gasteiger charge is -2.19. The van der Waals surface area contributed by atoms with Gasteiger partial charge in [0.15, 0.2) is 0 Å². The maximum Gasteiger partial charge on any atom is 0.133 e. The zero-order chi connectivity index (χ0) is 13.3. The molecule has 0 spiro atoms. The summed E-state index contributed by atoms with van der Waals surface area (Å²) in [5.74, 6) is -1.06. The Balaban J connectivity index is 2.47. The van der Waals surface area contributed by atoms with Crippen molar-refractivity contribution in [2.24, 2.45) is 0 Å². The van der Waals surface area contributed by atoms with Crippen LogP contribution >= 0.6 is 0 Å². The Morgan fingerprint density at radius 2 is 1.28 bits per heavy atom. The van der Waals surface area contributed by atoms with Crippen molar-refractivity contribution in [2.75, 3.05) is 0 Å². The van der Waals surface area contributed by atoms with Gasteiger partial charge in [-0.25, -0.2) is 8.78 Å². The summed E-state index contributed by atoms with van der Waals surface area (Å²) in [5.41, 5.74) is 1.78. The fourth-order valence-corrected chi connectivity index (χ4v) is 1.91. The standard InChI is InChI=1S/C16H16F2/c1-16(2,3)12-9-7-11(8-10-12)15-13(17)5-4-6-14(15)18/h4-10H,1-3H3. The Morgan fingerprint density at radius 1 is 0.778 bits per heavy atom. The minimum atomic E-state index is -0.529. The van der Waals surface area contributed by atoms with E-state index in [1.807, 2.05) is 12.1 Å². The second-order valence-electron chi connectivity index (χ2n) is 5.42. The van der Waals surface area contributed by atoms with Gasteiger partial charge in [-0.3, -0.25) is 0 Å². The summed E-state index contributed by atoms with van der Waals surface area (Å²) in [6.07, 6.45) is 0. The molecule has 0 amide bonds. The van der Waals surface area contributed by atoms with Gasteiger partial charge >= 0.3 is 0 Å². The largest absolute Gasteiger partial charge is 0.206 e. The summed E-state index contributed by atoms with van der Waals surface area (Å²) in [7, 11) is 0. The van der Waals surface area contributed by atoms with E-state index in [1.165, 1.54) is 18.2 Å². The van der Waals surface area contributed by atoms with Crippen molar-refractivity contribution in [3.05, 3.63) is 59.7 Å². The highest BCUT2D eigenvalue weighted by Crippen LogP contribution is 2.29. The molecule has 0 atom stereocenters. The summed E-state index contributed by atoms with van der Waals surface area (Å²) in [6, 6.07) is 11.3. The Hall–Kier alpha value is -1.70. The first-order valence-electron chi connectivity index (χ1n) is 5.94. The monoisotopic (exact) mass is 246 g/mol. The van der Waals surface area contributed by atoms with Crippen molar-refractivity contribution in [3.63, 3.8) is 0 Å². The van der Waals surface area contributed by atoms with Gasteiger partial charge in [-0.05, 0) is 28.7 Å².